The van der Waals surface area contributed by atoms with E-state index in [0.29, 0.717) is 5.41 Å². The van der Waals surface area contributed by atoms with Gasteiger partial charge in [-0.2, -0.15) is 0 Å². The molecule has 0 saturated heterocycles. The minimum absolute atomic E-state index is 0.0865. The first-order valence-corrected chi connectivity index (χ1v) is 5.70. The Kier molecular flexibility index (Phi) is 1.90. The van der Waals surface area contributed by atoms with Crippen LogP contribution in [0.1, 0.15) is 24.0 Å². The van der Waals surface area contributed by atoms with Crippen molar-refractivity contribution in [2.24, 2.45) is 5.92 Å². The molecule has 2 unspecified atom stereocenters. The van der Waals surface area contributed by atoms with Crippen molar-refractivity contribution in [3.8, 4) is 0 Å². The van der Waals surface area contributed by atoms with Crippen molar-refractivity contribution >= 4 is 0 Å². The summed E-state index contributed by atoms with van der Waals surface area (Å²) in [7, 11) is 2.01. The molecule has 80 valence electrons. The van der Waals surface area contributed by atoms with Crippen LogP contribution in [0.5, 0.6) is 0 Å². The molecule has 1 aromatic carbocycles. The Morgan fingerprint density at radius 3 is 3.20 bits per heavy atom. The van der Waals surface area contributed by atoms with Gasteiger partial charge in [-0.3, -0.25) is 0 Å². The quantitative estimate of drug-likeness (QED) is 0.781. The molecule has 1 saturated carbocycles. The lowest BCUT2D eigenvalue weighted by atomic mass is 9.95. The van der Waals surface area contributed by atoms with Gasteiger partial charge in [0.05, 0.1) is 0 Å². The maximum absolute atomic E-state index is 13.1. The molecule has 2 heteroatoms. The van der Waals surface area contributed by atoms with Crippen molar-refractivity contribution in [2.45, 2.75) is 24.7 Å². The smallest absolute Gasteiger partial charge is 0.123 e. The van der Waals surface area contributed by atoms with Gasteiger partial charge >= 0.3 is 0 Å². The van der Waals surface area contributed by atoms with Crippen LogP contribution in [-0.4, -0.2) is 13.6 Å². The summed E-state index contributed by atoms with van der Waals surface area (Å²) >= 11 is 0. The van der Waals surface area contributed by atoms with E-state index in [4.69, 9.17) is 0 Å². The first-order chi connectivity index (χ1) is 7.26. The number of rotatable bonds is 2. The van der Waals surface area contributed by atoms with E-state index in [0.717, 1.165) is 18.9 Å². The summed E-state index contributed by atoms with van der Waals surface area (Å²) in [6.45, 7) is 1.09. The van der Waals surface area contributed by atoms with Crippen LogP contribution < -0.4 is 5.32 Å². The first-order valence-electron chi connectivity index (χ1n) is 5.70. The number of hydrogen-bond donors (Lipinski definition) is 1. The standard InChI is InChI=1S/C13H16FN/c1-15-8-10-7-13(10)5-4-9-6-11(14)2-3-12(9)13/h2-3,6,10,15H,4-5,7-8H2,1H3. The Morgan fingerprint density at radius 2 is 2.40 bits per heavy atom. The van der Waals surface area contributed by atoms with Crippen LogP contribution in [0.2, 0.25) is 0 Å². The summed E-state index contributed by atoms with van der Waals surface area (Å²) in [5, 5.41) is 3.25. The molecule has 0 heterocycles. The second kappa shape index (κ2) is 3.05. The third-order valence-electron chi connectivity index (χ3n) is 4.13. The largest absolute Gasteiger partial charge is 0.319 e. The van der Waals surface area contributed by atoms with Crippen molar-refractivity contribution in [1.29, 1.82) is 0 Å². The monoisotopic (exact) mass is 205 g/mol. The predicted octanol–water partition coefficient (Wildman–Crippen LogP) is 2.25. The van der Waals surface area contributed by atoms with Crippen molar-refractivity contribution in [3.63, 3.8) is 0 Å². The number of benzene rings is 1. The van der Waals surface area contributed by atoms with Crippen molar-refractivity contribution in [1.82, 2.24) is 5.32 Å². The molecule has 1 aromatic rings. The molecular formula is C13H16FN. The molecule has 0 aromatic heterocycles. The normalized spacial score (nSPS) is 32.0. The van der Waals surface area contributed by atoms with Crippen LogP contribution in [-0.2, 0) is 11.8 Å². The molecule has 0 bridgehead atoms. The Hall–Kier alpha value is -0.890. The fourth-order valence-electron chi connectivity index (χ4n) is 3.28. The highest BCUT2D eigenvalue weighted by Crippen LogP contribution is 2.61. The fraction of sp³-hybridized carbons (Fsp3) is 0.538. The molecular weight excluding hydrogens is 189 g/mol. The molecule has 1 fully saturated rings. The lowest BCUT2D eigenvalue weighted by molar-refractivity contribution is 0.572. The average molecular weight is 205 g/mol. The Morgan fingerprint density at radius 1 is 1.53 bits per heavy atom. The van der Waals surface area contributed by atoms with Crippen LogP contribution in [0.3, 0.4) is 0 Å². The first kappa shape index (κ1) is 9.34. The van der Waals surface area contributed by atoms with E-state index in [1.54, 1.807) is 12.1 Å². The van der Waals surface area contributed by atoms with E-state index in [-0.39, 0.29) is 5.82 Å². The second-order valence-corrected chi connectivity index (χ2v) is 4.92. The van der Waals surface area contributed by atoms with Gasteiger partial charge in [-0.25, -0.2) is 4.39 Å². The average Bonchev–Trinajstić information content (AvgIpc) is 2.78. The summed E-state index contributed by atoms with van der Waals surface area (Å²) in [5.74, 6) is 0.686. The number of nitrogens with one attached hydrogen (secondary N) is 1. The molecule has 0 aliphatic heterocycles. The zero-order valence-electron chi connectivity index (χ0n) is 9.02. The minimum atomic E-state index is -0.0865. The van der Waals surface area contributed by atoms with E-state index in [1.165, 1.54) is 24.0 Å². The van der Waals surface area contributed by atoms with Gasteiger partial charge in [-0.15, -0.1) is 0 Å². The van der Waals surface area contributed by atoms with Gasteiger partial charge in [-0.05, 0) is 62.0 Å². The molecule has 2 aliphatic carbocycles. The highest BCUT2D eigenvalue weighted by Gasteiger charge is 2.57. The second-order valence-electron chi connectivity index (χ2n) is 4.92. The van der Waals surface area contributed by atoms with E-state index in [2.05, 4.69) is 5.32 Å². The fourth-order valence-corrected chi connectivity index (χ4v) is 3.28. The summed E-state index contributed by atoms with van der Waals surface area (Å²) in [4.78, 5) is 0. The highest BCUT2D eigenvalue weighted by atomic mass is 19.1. The Bertz CT molecular complexity index is 402. The lowest BCUT2D eigenvalue weighted by Gasteiger charge is -2.11. The number of hydrogen-bond acceptors (Lipinski definition) is 1. The molecule has 1 N–H and O–H groups in total. The summed E-state index contributed by atoms with van der Waals surface area (Å²) in [5.41, 5.74) is 3.07. The van der Waals surface area contributed by atoms with Gasteiger partial charge in [0.2, 0.25) is 0 Å². The topological polar surface area (TPSA) is 12.0 Å². The zero-order chi connectivity index (χ0) is 10.5. The van der Waals surface area contributed by atoms with Gasteiger partial charge in [0, 0.05) is 5.41 Å². The van der Waals surface area contributed by atoms with Crippen molar-refractivity contribution < 1.29 is 4.39 Å². The molecule has 15 heavy (non-hydrogen) atoms. The number of fused-ring (bicyclic) bond motifs is 2. The van der Waals surface area contributed by atoms with Crippen LogP contribution in [0.15, 0.2) is 18.2 Å². The van der Waals surface area contributed by atoms with Gasteiger partial charge in [0.1, 0.15) is 5.82 Å². The highest BCUT2D eigenvalue weighted by molar-refractivity contribution is 5.45. The Balaban J connectivity index is 1.93. The van der Waals surface area contributed by atoms with Crippen molar-refractivity contribution in [3.05, 3.63) is 35.1 Å². The van der Waals surface area contributed by atoms with Crippen LogP contribution in [0.4, 0.5) is 4.39 Å². The third kappa shape index (κ3) is 1.24. The number of aryl methyl sites for hydroxylation is 1. The lowest BCUT2D eigenvalue weighted by Crippen LogP contribution is -2.16. The Labute approximate surface area is 89.7 Å². The molecule has 2 atom stereocenters. The van der Waals surface area contributed by atoms with Crippen LogP contribution in [0, 0.1) is 11.7 Å². The molecule has 1 spiro atoms. The summed E-state index contributed by atoms with van der Waals surface area (Å²) in [6.07, 6.45) is 3.57. The molecule has 2 aliphatic rings. The summed E-state index contributed by atoms with van der Waals surface area (Å²) in [6, 6.07) is 5.34. The molecule has 0 amide bonds. The van der Waals surface area contributed by atoms with Gasteiger partial charge in [0.25, 0.3) is 0 Å². The van der Waals surface area contributed by atoms with Crippen molar-refractivity contribution in [2.75, 3.05) is 13.6 Å². The number of halogens is 1. The van der Waals surface area contributed by atoms with Gasteiger partial charge in [0.15, 0.2) is 0 Å². The van der Waals surface area contributed by atoms with E-state index >= 15 is 0 Å². The van der Waals surface area contributed by atoms with E-state index < -0.39 is 0 Å². The zero-order valence-corrected chi connectivity index (χ0v) is 9.02. The van der Waals surface area contributed by atoms with Crippen LogP contribution in [0.25, 0.3) is 0 Å². The molecule has 1 nitrogen and oxygen atoms in total. The maximum Gasteiger partial charge on any atom is 0.123 e. The summed E-state index contributed by atoms with van der Waals surface area (Å²) < 4.78 is 13.1. The van der Waals surface area contributed by atoms with Gasteiger partial charge < -0.3 is 5.32 Å². The minimum Gasteiger partial charge on any atom is -0.319 e. The van der Waals surface area contributed by atoms with E-state index in [1.807, 2.05) is 13.1 Å². The third-order valence-corrected chi connectivity index (χ3v) is 4.13. The predicted molar refractivity (Wildman–Crippen MR) is 58.4 cm³/mol. The van der Waals surface area contributed by atoms with Crippen LogP contribution >= 0.6 is 0 Å². The van der Waals surface area contributed by atoms with Gasteiger partial charge in [-0.1, -0.05) is 6.07 Å². The van der Waals surface area contributed by atoms with E-state index in [9.17, 15) is 4.39 Å². The maximum atomic E-state index is 13.1. The molecule has 3 rings (SSSR count). The SMILES string of the molecule is CNCC1CC12CCc1cc(F)ccc12. The molecule has 0 radical (unpaired) electrons.